The molecule has 0 radical (unpaired) electrons. The zero-order chi connectivity index (χ0) is 22.9. The van der Waals surface area contributed by atoms with E-state index in [1.165, 1.54) is 11.3 Å². The molecule has 0 saturated carbocycles. The van der Waals surface area contributed by atoms with Crippen LogP contribution in [0.25, 0.3) is 21.3 Å². The van der Waals surface area contributed by atoms with Crippen LogP contribution in [-0.2, 0) is 11.3 Å². The highest BCUT2D eigenvalue weighted by Gasteiger charge is 2.17. The van der Waals surface area contributed by atoms with E-state index in [9.17, 15) is 9.90 Å². The van der Waals surface area contributed by atoms with Gasteiger partial charge in [-0.2, -0.15) is 0 Å². The van der Waals surface area contributed by atoms with E-state index in [1.807, 2.05) is 35.7 Å². The van der Waals surface area contributed by atoms with Gasteiger partial charge in [0.05, 0.1) is 25.1 Å². The molecular weight excluding hydrogens is 426 g/mol. The van der Waals surface area contributed by atoms with Crippen molar-refractivity contribution < 1.29 is 14.6 Å². The van der Waals surface area contributed by atoms with Crippen LogP contribution in [0.15, 0.2) is 47.1 Å². The number of methoxy groups -OCH3 is 2. The van der Waals surface area contributed by atoms with E-state index in [1.54, 1.807) is 14.2 Å². The first-order valence-corrected chi connectivity index (χ1v) is 11.6. The molecule has 0 aliphatic carbocycles. The normalized spacial score (nSPS) is 12.4. The first-order chi connectivity index (χ1) is 15.5. The monoisotopic (exact) mass is 457 g/mol. The predicted molar refractivity (Wildman–Crippen MR) is 129 cm³/mol. The van der Waals surface area contributed by atoms with E-state index in [0.29, 0.717) is 42.2 Å². The van der Waals surface area contributed by atoms with E-state index in [-0.39, 0.29) is 5.56 Å². The van der Waals surface area contributed by atoms with Gasteiger partial charge in [-0.15, -0.1) is 17.9 Å². The molecule has 1 atom stereocenters. The Morgan fingerprint density at radius 2 is 2.22 bits per heavy atom. The van der Waals surface area contributed by atoms with Crippen molar-refractivity contribution in [1.29, 1.82) is 0 Å². The maximum absolute atomic E-state index is 13.0. The quantitative estimate of drug-likeness (QED) is 0.300. The SMILES string of the molecule is C=CCCC(O)CN(CCCOC)Cc1nc2scc(-c3cccc(OC)c3)c2c(=O)[nH]1. The molecule has 0 bridgehead atoms. The molecule has 0 saturated heterocycles. The number of hydrogen-bond donors (Lipinski definition) is 2. The first kappa shape index (κ1) is 24.1. The lowest BCUT2D eigenvalue weighted by Crippen LogP contribution is -2.34. The van der Waals surface area contributed by atoms with Crippen molar-refractivity contribution in [2.45, 2.75) is 31.9 Å². The van der Waals surface area contributed by atoms with Crippen LogP contribution in [0.4, 0.5) is 0 Å². The van der Waals surface area contributed by atoms with Crippen LogP contribution in [0.2, 0.25) is 0 Å². The van der Waals surface area contributed by atoms with E-state index < -0.39 is 6.10 Å². The summed E-state index contributed by atoms with van der Waals surface area (Å²) < 4.78 is 10.5. The van der Waals surface area contributed by atoms with Gasteiger partial charge in [0.15, 0.2) is 0 Å². The Morgan fingerprint density at radius 3 is 2.97 bits per heavy atom. The van der Waals surface area contributed by atoms with Crippen LogP contribution >= 0.6 is 11.3 Å². The molecule has 0 aliphatic heterocycles. The third kappa shape index (κ3) is 6.26. The van der Waals surface area contributed by atoms with Crippen LogP contribution in [0.1, 0.15) is 25.1 Å². The number of aromatic nitrogens is 2. The number of benzene rings is 1. The number of fused-ring (bicyclic) bond motifs is 1. The molecule has 2 aromatic heterocycles. The minimum atomic E-state index is -0.465. The van der Waals surface area contributed by atoms with Crippen molar-refractivity contribution in [2.24, 2.45) is 0 Å². The Kier molecular flexibility index (Phi) is 8.99. The lowest BCUT2D eigenvalue weighted by molar-refractivity contribution is 0.0928. The van der Waals surface area contributed by atoms with E-state index >= 15 is 0 Å². The van der Waals surface area contributed by atoms with Crippen molar-refractivity contribution in [3.05, 3.63) is 58.5 Å². The summed E-state index contributed by atoms with van der Waals surface area (Å²) in [4.78, 5) is 23.5. The first-order valence-electron chi connectivity index (χ1n) is 10.7. The summed E-state index contributed by atoms with van der Waals surface area (Å²) in [5, 5.41) is 12.9. The second-order valence-corrected chi connectivity index (χ2v) is 8.53. The van der Waals surface area contributed by atoms with Crippen LogP contribution < -0.4 is 10.3 Å². The number of aliphatic hydroxyl groups excluding tert-OH is 1. The maximum Gasteiger partial charge on any atom is 0.260 e. The molecule has 2 N–H and O–H groups in total. The highest BCUT2D eigenvalue weighted by Crippen LogP contribution is 2.32. The fourth-order valence-electron chi connectivity index (χ4n) is 3.65. The zero-order valence-electron chi connectivity index (χ0n) is 18.7. The van der Waals surface area contributed by atoms with Gasteiger partial charge in [-0.1, -0.05) is 18.2 Å². The molecule has 7 nitrogen and oxygen atoms in total. The van der Waals surface area contributed by atoms with Crippen molar-refractivity contribution in [2.75, 3.05) is 33.9 Å². The molecule has 0 spiro atoms. The number of aromatic amines is 1. The topological polar surface area (TPSA) is 87.7 Å². The molecule has 0 aliphatic rings. The summed E-state index contributed by atoms with van der Waals surface area (Å²) in [6, 6.07) is 7.65. The number of hydrogen-bond acceptors (Lipinski definition) is 7. The van der Waals surface area contributed by atoms with E-state index in [0.717, 1.165) is 36.3 Å². The van der Waals surface area contributed by atoms with Crippen LogP contribution in [0.3, 0.4) is 0 Å². The number of ether oxygens (including phenoxy) is 2. The van der Waals surface area contributed by atoms with Gasteiger partial charge in [-0.25, -0.2) is 4.98 Å². The molecule has 0 fully saturated rings. The smallest absolute Gasteiger partial charge is 0.260 e. The number of allylic oxidation sites excluding steroid dienone is 1. The van der Waals surface area contributed by atoms with E-state index in [4.69, 9.17) is 14.5 Å². The van der Waals surface area contributed by atoms with Crippen LogP contribution in [-0.4, -0.2) is 60.0 Å². The number of nitrogens with one attached hydrogen (secondary N) is 1. The Balaban J connectivity index is 1.84. The Morgan fingerprint density at radius 1 is 1.38 bits per heavy atom. The number of aliphatic hydroxyl groups is 1. The van der Waals surface area contributed by atoms with Crippen LogP contribution in [0, 0.1) is 0 Å². The highest BCUT2D eigenvalue weighted by atomic mass is 32.1. The fourth-order valence-corrected chi connectivity index (χ4v) is 4.62. The number of H-pyrrole nitrogens is 1. The fraction of sp³-hybridized carbons (Fsp3) is 0.417. The molecule has 32 heavy (non-hydrogen) atoms. The summed E-state index contributed by atoms with van der Waals surface area (Å²) in [5.74, 6) is 1.33. The average molecular weight is 458 g/mol. The van der Waals surface area contributed by atoms with E-state index in [2.05, 4.69) is 16.5 Å². The lowest BCUT2D eigenvalue weighted by atomic mass is 10.1. The van der Waals surface area contributed by atoms with Crippen molar-refractivity contribution >= 4 is 21.6 Å². The number of rotatable bonds is 13. The second-order valence-electron chi connectivity index (χ2n) is 7.68. The highest BCUT2D eigenvalue weighted by molar-refractivity contribution is 7.17. The van der Waals surface area contributed by atoms with Crippen molar-refractivity contribution in [3.8, 4) is 16.9 Å². The Bertz CT molecular complexity index is 1080. The molecule has 1 aromatic carbocycles. The standard InChI is InChI=1S/C24H31N3O4S/c1-4-5-9-18(28)14-27(11-7-12-30-2)15-21-25-23(29)22-20(16-32-24(22)26-21)17-8-6-10-19(13-17)31-3/h4,6,8,10,13,16,18,28H,1,5,7,9,11-12,14-15H2,2-3H3,(H,25,26,29). The van der Waals surface area contributed by atoms with Gasteiger partial charge in [0.1, 0.15) is 16.4 Å². The van der Waals surface area contributed by atoms with Crippen molar-refractivity contribution in [1.82, 2.24) is 14.9 Å². The minimum Gasteiger partial charge on any atom is -0.497 e. The summed E-state index contributed by atoms with van der Waals surface area (Å²) in [6.07, 6.45) is 3.59. The van der Waals surface area contributed by atoms with Gasteiger partial charge in [-0.05, 0) is 37.0 Å². The van der Waals surface area contributed by atoms with Gasteiger partial charge >= 0.3 is 0 Å². The molecule has 2 heterocycles. The van der Waals surface area contributed by atoms with Crippen LogP contribution in [0.5, 0.6) is 5.75 Å². The largest absolute Gasteiger partial charge is 0.497 e. The van der Waals surface area contributed by atoms with Gasteiger partial charge in [0, 0.05) is 37.7 Å². The predicted octanol–water partition coefficient (Wildman–Crippen LogP) is 3.83. The van der Waals surface area contributed by atoms with Gasteiger partial charge in [0.25, 0.3) is 5.56 Å². The molecule has 1 unspecified atom stereocenters. The number of thiophene rings is 1. The second kappa shape index (κ2) is 11.9. The summed E-state index contributed by atoms with van der Waals surface area (Å²) in [7, 11) is 3.30. The lowest BCUT2D eigenvalue weighted by Gasteiger charge is -2.24. The molecule has 0 amide bonds. The minimum absolute atomic E-state index is 0.159. The molecule has 8 heteroatoms. The van der Waals surface area contributed by atoms with Gasteiger partial charge < -0.3 is 19.6 Å². The molecular formula is C24H31N3O4S. The molecule has 3 rings (SSSR count). The number of nitrogens with zero attached hydrogens (tertiary/aromatic N) is 2. The summed E-state index contributed by atoms with van der Waals surface area (Å²) >= 11 is 1.45. The Labute approximate surface area is 192 Å². The summed E-state index contributed by atoms with van der Waals surface area (Å²) in [5.41, 5.74) is 1.61. The molecule has 172 valence electrons. The third-order valence-corrected chi connectivity index (χ3v) is 6.12. The zero-order valence-corrected chi connectivity index (χ0v) is 19.5. The maximum atomic E-state index is 13.0. The Hall–Kier alpha value is -2.52. The molecule has 3 aromatic rings. The van der Waals surface area contributed by atoms with Crippen molar-refractivity contribution in [3.63, 3.8) is 0 Å². The summed E-state index contributed by atoms with van der Waals surface area (Å²) in [6.45, 7) is 6.04. The average Bonchev–Trinajstić information content (AvgIpc) is 3.22. The van der Waals surface area contributed by atoms with Gasteiger partial charge in [-0.3, -0.25) is 9.69 Å². The van der Waals surface area contributed by atoms with Gasteiger partial charge in [0.2, 0.25) is 0 Å². The third-order valence-electron chi connectivity index (χ3n) is 5.24.